The second-order valence-electron chi connectivity index (χ2n) is 5.42. The molecule has 3 nitrogen and oxygen atoms in total. The summed E-state index contributed by atoms with van der Waals surface area (Å²) in [6, 6.07) is 7.85. The number of halogens is 1. The molecule has 4 heteroatoms. The molecule has 0 bridgehead atoms. The van der Waals surface area contributed by atoms with Gasteiger partial charge in [0.15, 0.2) is 0 Å². The molecule has 0 spiro atoms. The minimum absolute atomic E-state index is 0.687. The van der Waals surface area contributed by atoms with E-state index in [4.69, 9.17) is 4.98 Å². The van der Waals surface area contributed by atoms with Crippen LogP contribution in [0.25, 0.3) is 11.0 Å². The van der Waals surface area contributed by atoms with Crippen molar-refractivity contribution in [1.82, 2.24) is 14.9 Å². The highest BCUT2D eigenvalue weighted by Crippen LogP contribution is 2.39. The van der Waals surface area contributed by atoms with Crippen molar-refractivity contribution in [2.45, 2.75) is 44.3 Å². The van der Waals surface area contributed by atoms with Crippen molar-refractivity contribution in [3.8, 4) is 0 Å². The standard InChI is InChI=1S/C14H16BrN3/c15-9-1-6-13-12(7-9)17-14(8-16-10-2-3-10)18(13)11-4-5-11/h1,6-7,10-11,16H,2-5,8H2. The molecule has 18 heavy (non-hydrogen) atoms. The van der Waals surface area contributed by atoms with Gasteiger partial charge in [-0.3, -0.25) is 0 Å². The highest BCUT2D eigenvalue weighted by Gasteiger charge is 2.29. The van der Waals surface area contributed by atoms with Crippen molar-refractivity contribution in [3.05, 3.63) is 28.5 Å². The molecular weight excluding hydrogens is 290 g/mol. The van der Waals surface area contributed by atoms with Gasteiger partial charge >= 0.3 is 0 Å². The van der Waals surface area contributed by atoms with Crippen LogP contribution in [0.3, 0.4) is 0 Å². The minimum atomic E-state index is 0.687. The molecule has 2 aliphatic carbocycles. The maximum atomic E-state index is 4.80. The largest absolute Gasteiger partial charge is 0.324 e. The van der Waals surface area contributed by atoms with Gasteiger partial charge in [0.2, 0.25) is 0 Å². The number of benzene rings is 1. The molecule has 0 aliphatic heterocycles. The molecule has 0 atom stereocenters. The summed E-state index contributed by atoms with van der Waals surface area (Å²) < 4.78 is 3.55. The van der Waals surface area contributed by atoms with E-state index in [1.165, 1.54) is 37.0 Å². The van der Waals surface area contributed by atoms with E-state index in [1.54, 1.807) is 0 Å². The second kappa shape index (κ2) is 4.07. The SMILES string of the molecule is Brc1ccc2c(c1)nc(CNC1CC1)n2C1CC1. The molecule has 94 valence electrons. The number of hydrogen-bond donors (Lipinski definition) is 1. The van der Waals surface area contributed by atoms with Crippen LogP contribution in [0.5, 0.6) is 0 Å². The van der Waals surface area contributed by atoms with E-state index in [9.17, 15) is 0 Å². The van der Waals surface area contributed by atoms with E-state index >= 15 is 0 Å². The van der Waals surface area contributed by atoms with E-state index in [1.807, 2.05) is 0 Å². The topological polar surface area (TPSA) is 29.9 Å². The molecule has 0 radical (unpaired) electrons. The van der Waals surface area contributed by atoms with Crippen molar-refractivity contribution in [1.29, 1.82) is 0 Å². The molecule has 2 fully saturated rings. The average molecular weight is 306 g/mol. The molecule has 2 aromatic rings. The minimum Gasteiger partial charge on any atom is -0.324 e. The van der Waals surface area contributed by atoms with Crippen LogP contribution in [0.2, 0.25) is 0 Å². The van der Waals surface area contributed by atoms with Crippen molar-refractivity contribution in [2.75, 3.05) is 0 Å². The Morgan fingerprint density at radius 1 is 1.28 bits per heavy atom. The molecule has 0 amide bonds. The molecule has 1 N–H and O–H groups in total. The Balaban J connectivity index is 1.75. The quantitative estimate of drug-likeness (QED) is 0.938. The summed E-state index contributed by atoms with van der Waals surface area (Å²) in [5, 5.41) is 3.58. The van der Waals surface area contributed by atoms with E-state index < -0.39 is 0 Å². The van der Waals surface area contributed by atoms with Gasteiger partial charge in [0.25, 0.3) is 0 Å². The number of hydrogen-bond acceptors (Lipinski definition) is 2. The number of aromatic nitrogens is 2. The lowest BCUT2D eigenvalue weighted by Crippen LogP contribution is -2.18. The van der Waals surface area contributed by atoms with E-state index in [0.29, 0.717) is 6.04 Å². The first-order chi connectivity index (χ1) is 8.81. The Labute approximate surface area is 115 Å². The number of nitrogens with zero attached hydrogens (tertiary/aromatic N) is 2. The van der Waals surface area contributed by atoms with Gasteiger partial charge in [0.05, 0.1) is 17.6 Å². The number of nitrogens with one attached hydrogen (secondary N) is 1. The first-order valence-electron chi connectivity index (χ1n) is 6.71. The summed E-state index contributed by atoms with van der Waals surface area (Å²) >= 11 is 3.53. The summed E-state index contributed by atoms with van der Waals surface area (Å²) in [6.07, 6.45) is 5.26. The fraction of sp³-hybridized carbons (Fsp3) is 0.500. The van der Waals surface area contributed by atoms with Crippen LogP contribution in [-0.4, -0.2) is 15.6 Å². The van der Waals surface area contributed by atoms with Crippen LogP contribution in [0.15, 0.2) is 22.7 Å². The summed E-state index contributed by atoms with van der Waals surface area (Å²) in [4.78, 5) is 4.80. The van der Waals surface area contributed by atoms with Crippen molar-refractivity contribution < 1.29 is 0 Å². The highest BCUT2D eigenvalue weighted by molar-refractivity contribution is 9.10. The maximum absolute atomic E-state index is 4.80. The van der Waals surface area contributed by atoms with Gasteiger partial charge in [0, 0.05) is 16.6 Å². The molecule has 2 aliphatic rings. The van der Waals surface area contributed by atoms with Crippen molar-refractivity contribution >= 4 is 27.0 Å². The first-order valence-corrected chi connectivity index (χ1v) is 7.50. The Morgan fingerprint density at radius 2 is 2.11 bits per heavy atom. The predicted molar refractivity (Wildman–Crippen MR) is 75.6 cm³/mol. The average Bonchev–Trinajstić information content (AvgIpc) is 3.24. The monoisotopic (exact) mass is 305 g/mol. The highest BCUT2D eigenvalue weighted by atomic mass is 79.9. The number of rotatable bonds is 4. The summed E-state index contributed by atoms with van der Waals surface area (Å²) in [5.41, 5.74) is 2.40. The van der Waals surface area contributed by atoms with Gasteiger partial charge < -0.3 is 9.88 Å². The lowest BCUT2D eigenvalue weighted by atomic mass is 10.3. The first kappa shape index (κ1) is 11.0. The zero-order chi connectivity index (χ0) is 12.1. The smallest absolute Gasteiger partial charge is 0.124 e. The molecule has 1 heterocycles. The predicted octanol–water partition coefficient (Wildman–Crippen LogP) is 3.39. The number of imidazole rings is 1. The Hall–Kier alpha value is -0.870. The van der Waals surface area contributed by atoms with Crippen LogP contribution in [0.1, 0.15) is 37.5 Å². The van der Waals surface area contributed by atoms with Crippen molar-refractivity contribution in [2.24, 2.45) is 0 Å². The van der Waals surface area contributed by atoms with Crippen LogP contribution in [-0.2, 0) is 6.54 Å². The zero-order valence-electron chi connectivity index (χ0n) is 10.2. The lowest BCUT2D eigenvalue weighted by molar-refractivity contribution is 0.611. The summed E-state index contributed by atoms with van der Waals surface area (Å²) in [7, 11) is 0. The molecule has 1 aromatic carbocycles. The van der Waals surface area contributed by atoms with Gasteiger partial charge in [-0.15, -0.1) is 0 Å². The number of fused-ring (bicyclic) bond motifs is 1. The fourth-order valence-electron chi connectivity index (χ4n) is 2.51. The normalized spacial score (nSPS) is 19.6. The van der Waals surface area contributed by atoms with Gasteiger partial charge in [-0.25, -0.2) is 4.98 Å². The van der Waals surface area contributed by atoms with Crippen LogP contribution < -0.4 is 5.32 Å². The summed E-state index contributed by atoms with van der Waals surface area (Å²) in [6.45, 7) is 0.910. The second-order valence-corrected chi connectivity index (χ2v) is 6.33. The molecular formula is C14H16BrN3. The van der Waals surface area contributed by atoms with Crippen LogP contribution in [0, 0.1) is 0 Å². The molecule has 1 aromatic heterocycles. The zero-order valence-corrected chi connectivity index (χ0v) is 11.8. The third-order valence-electron chi connectivity index (χ3n) is 3.76. The van der Waals surface area contributed by atoms with Gasteiger partial charge in [0.1, 0.15) is 5.82 Å². The van der Waals surface area contributed by atoms with Gasteiger partial charge in [-0.2, -0.15) is 0 Å². The molecule has 0 saturated heterocycles. The van der Waals surface area contributed by atoms with E-state index in [2.05, 4.69) is 44.0 Å². The third-order valence-corrected chi connectivity index (χ3v) is 4.26. The van der Waals surface area contributed by atoms with Gasteiger partial charge in [-0.05, 0) is 43.9 Å². The third kappa shape index (κ3) is 1.97. The van der Waals surface area contributed by atoms with E-state index in [-0.39, 0.29) is 0 Å². The Bertz CT molecular complexity index is 596. The van der Waals surface area contributed by atoms with Crippen LogP contribution in [0.4, 0.5) is 0 Å². The maximum Gasteiger partial charge on any atom is 0.124 e. The molecule has 0 unspecified atom stereocenters. The Morgan fingerprint density at radius 3 is 2.83 bits per heavy atom. The Kier molecular flexibility index (Phi) is 2.49. The van der Waals surface area contributed by atoms with Crippen LogP contribution >= 0.6 is 15.9 Å². The van der Waals surface area contributed by atoms with Gasteiger partial charge in [-0.1, -0.05) is 15.9 Å². The lowest BCUT2D eigenvalue weighted by Gasteiger charge is -2.08. The fourth-order valence-corrected chi connectivity index (χ4v) is 2.86. The molecule has 4 rings (SSSR count). The van der Waals surface area contributed by atoms with E-state index in [0.717, 1.165) is 22.6 Å². The summed E-state index contributed by atoms with van der Waals surface area (Å²) in [5.74, 6) is 1.21. The molecule has 2 saturated carbocycles. The van der Waals surface area contributed by atoms with Crippen molar-refractivity contribution in [3.63, 3.8) is 0 Å².